The Bertz CT molecular complexity index is 1080. The fourth-order valence-corrected chi connectivity index (χ4v) is 5.24. The Balaban J connectivity index is 0.000000181. The second kappa shape index (κ2) is 9.96. The first-order valence-corrected chi connectivity index (χ1v) is 11.3. The fourth-order valence-electron chi connectivity index (χ4n) is 3.04. The lowest BCUT2D eigenvalue weighted by atomic mass is 10.2. The topological polar surface area (TPSA) is 133 Å². The predicted molar refractivity (Wildman–Crippen MR) is 127 cm³/mol. The number of amides is 4. The molecule has 8 nitrogen and oxygen atoms in total. The molecule has 32 heavy (non-hydrogen) atoms. The van der Waals surface area contributed by atoms with E-state index in [1.54, 1.807) is 36.5 Å². The van der Waals surface area contributed by atoms with E-state index in [0.29, 0.717) is 10.1 Å². The Morgan fingerprint density at radius 3 is 1.41 bits per heavy atom. The first kappa shape index (κ1) is 23.5. The number of benzene rings is 2. The minimum atomic E-state index is -0.843. The van der Waals surface area contributed by atoms with Crippen molar-refractivity contribution in [2.45, 2.75) is 25.9 Å². The predicted octanol–water partition coefficient (Wildman–Crippen LogP) is 5.46. The second-order valence-corrected chi connectivity index (χ2v) is 9.32. The molecule has 0 spiro atoms. The van der Waals surface area contributed by atoms with E-state index >= 15 is 0 Å². The van der Waals surface area contributed by atoms with Gasteiger partial charge in [0.2, 0.25) is 0 Å². The van der Waals surface area contributed by atoms with Gasteiger partial charge in [-0.15, -0.1) is 22.7 Å². The molecule has 2 aromatic carbocycles. The standard InChI is InChI=1S/2C11H12N2O2S/c2*1-7(13(15)11(12)14)10-6-8-4-2-3-5-9(8)16-10/h2*2-7,15H,1H3,(H2,12,14). The van der Waals surface area contributed by atoms with E-state index in [9.17, 15) is 20.0 Å². The summed E-state index contributed by atoms with van der Waals surface area (Å²) in [5.74, 6) is 0. The monoisotopic (exact) mass is 472 g/mol. The van der Waals surface area contributed by atoms with Crippen molar-refractivity contribution in [1.82, 2.24) is 10.1 Å². The van der Waals surface area contributed by atoms with E-state index in [4.69, 9.17) is 11.5 Å². The van der Waals surface area contributed by atoms with E-state index in [0.717, 1.165) is 29.9 Å². The van der Waals surface area contributed by atoms with E-state index < -0.39 is 24.1 Å². The Morgan fingerprint density at radius 1 is 0.750 bits per heavy atom. The lowest BCUT2D eigenvalue weighted by Gasteiger charge is -2.18. The number of carbonyl (C=O) groups excluding carboxylic acids is 2. The number of rotatable bonds is 4. The van der Waals surface area contributed by atoms with E-state index in [2.05, 4.69) is 0 Å². The number of carbonyl (C=O) groups is 2. The molecule has 2 aromatic heterocycles. The number of nitrogens with zero attached hydrogens (tertiary/aromatic N) is 2. The van der Waals surface area contributed by atoms with Gasteiger partial charge in [0.1, 0.15) is 0 Å². The fraction of sp³-hybridized carbons (Fsp3) is 0.182. The van der Waals surface area contributed by atoms with Crippen LogP contribution in [-0.4, -0.2) is 32.6 Å². The highest BCUT2D eigenvalue weighted by molar-refractivity contribution is 7.19. The molecular weight excluding hydrogens is 448 g/mol. The molecule has 0 radical (unpaired) electrons. The third kappa shape index (κ3) is 5.17. The van der Waals surface area contributed by atoms with Crippen LogP contribution < -0.4 is 11.5 Å². The summed E-state index contributed by atoms with van der Waals surface area (Å²) in [6, 6.07) is 17.2. The Hall–Kier alpha value is -3.18. The molecule has 0 aliphatic carbocycles. The van der Waals surface area contributed by atoms with Gasteiger partial charge in [-0.2, -0.15) is 10.1 Å². The summed E-state index contributed by atoms with van der Waals surface area (Å²) in [6.07, 6.45) is 0. The Labute approximate surface area is 192 Å². The summed E-state index contributed by atoms with van der Waals surface area (Å²) in [5.41, 5.74) is 10.0. The molecule has 6 N–H and O–H groups in total. The van der Waals surface area contributed by atoms with Crippen molar-refractivity contribution in [2.24, 2.45) is 11.5 Å². The van der Waals surface area contributed by atoms with Gasteiger partial charge in [-0.25, -0.2) is 9.59 Å². The number of hydroxylamine groups is 4. The average Bonchev–Trinajstić information content (AvgIpc) is 3.41. The highest BCUT2D eigenvalue weighted by Crippen LogP contribution is 2.32. The van der Waals surface area contributed by atoms with Gasteiger partial charge in [-0.05, 0) is 48.9 Å². The van der Waals surface area contributed by atoms with Crippen LogP contribution in [0.2, 0.25) is 0 Å². The molecule has 0 aliphatic heterocycles. The quantitative estimate of drug-likeness (QED) is 0.232. The van der Waals surface area contributed by atoms with Crippen molar-refractivity contribution in [1.29, 1.82) is 0 Å². The van der Waals surface area contributed by atoms with Crippen LogP contribution in [0.3, 0.4) is 0 Å². The normalized spacial score (nSPS) is 12.6. The summed E-state index contributed by atoms with van der Waals surface area (Å²) < 4.78 is 2.25. The summed E-state index contributed by atoms with van der Waals surface area (Å²) in [5, 5.41) is 22.2. The maximum Gasteiger partial charge on any atom is 0.339 e. The van der Waals surface area contributed by atoms with Gasteiger partial charge in [0.15, 0.2) is 0 Å². The maximum absolute atomic E-state index is 10.8. The van der Waals surface area contributed by atoms with Gasteiger partial charge in [0, 0.05) is 19.2 Å². The second-order valence-electron chi connectivity index (χ2n) is 7.09. The molecule has 10 heteroatoms. The van der Waals surface area contributed by atoms with Gasteiger partial charge in [0.25, 0.3) is 0 Å². The average molecular weight is 473 g/mol. The van der Waals surface area contributed by atoms with Crippen LogP contribution in [0, 0.1) is 0 Å². The zero-order chi connectivity index (χ0) is 23.4. The molecule has 4 amide bonds. The Morgan fingerprint density at radius 2 is 1.09 bits per heavy atom. The van der Waals surface area contributed by atoms with Crippen LogP contribution in [0.25, 0.3) is 20.2 Å². The van der Waals surface area contributed by atoms with Crippen molar-refractivity contribution < 1.29 is 20.0 Å². The first-order chi connectivity index (χ1) is 15.2. The van der Waals surface area contributed by atoms with Crippen LogP contribution in [0.4, 0.5) is 9.59 Å². The summed E-state index contributed by atoms with van der Waals surface area (Å²) in [6.45, 7) is 3.46. The number of thiophene rings is 2. The maximum atomic E-state index is 10.8. The third-order valence-corrected chi connectivity index (χ3v) is 7.47. The van der Waals surface area contributed by atoms with Crippen molar-refractivity contribution in [3.05, 3.63) is 70.4 Å². The summed E-state index contributed by atoms with van der Waals surface area (Å²) in [7, 11) is 0. The van der Waals surface area contributed by atoms with E-state index in [-0.39, 0.29) is 0 Å². The minimum Gasteiger partial charge on any atom is -0.350 e. The van der Waals surface area contributed by atoms with Gasteiger partial charge in [-0.3, -0.25) is 10.4 Å². The van der Waals surface area contributed by atoms with Crippen LogP contribution in [0.15, 0.2) is 60.7 Å². The van der Waals surface area contributed by atoms with Crippen LogP contribution in [-0.2, 0) is 0 Å². The molecule has 0 fully saturated rings. The highest BCUT2D eigenvalue weighted by atomic mass is 32.1. The molecule has 4 rings (SSSR count). The summed E-state index contributed by atoms with van der Waals surface area (Å²) in [4.78, 5) is 23.5. The van der Waals surface area contributed by atoms with Gasteiger partial charge >= 0.3 is 12.1 Å². The zero-order valence-corrected chi connectivity index (χ0v) is 19.1. The lowest BCUT2D eigenvalue weighted by molar-refractivity contribution is -0.0700. The molecule has 4 aromatic rings. The SMILES string of the molecule is CC(c1cc2ccccc2s1)N(O)C(N)=O.CC(c1cc2ccccc2s1)N(O)C(N)=O. The van der Waals surface area contributed by atoms with Crippen molar-refractivity contribution in [3.63, 3.8) is 0 Å². The molecule has 2 unspecified atom stereocenters. The molecule has 0 saturated heterocycles. The number of nitrogens with two attached hydrogens (primary N) is 2. The largest absolute Gasteiger partial charge is 0.350 e. The van der Waals surface area contributed by atoms with Gasteiger partial charge < -0.3 is 11.5 Å². The van der Waals surface area contributed by atoms with E-state index in [1.165, 1.54) is 0 Å². The molecule has 2 atom stereocenters. The number of hydrogen-bond donors (Lipinski definition) is 4. The minimum absolute atomic E-state index is 0.421. The number of primary amides is 2. The zero-order valence-electron chi connectivity index (χ0n) is 17.5. The Kier molecular flexibility index (Phi) is 7.31. The molecule has 168 valence electrons. The third-order valence-electron chi connectivity index (χ3n) is 4.90. The van der Waals surface area contributed by atoms with Gasteiger partial charge in [-0.1, -0.05) is 36.4 Å². The van der Waals surface area contributed by atoms with Crippen LogP contribution >= 0.6 is 22.7 Å². The van der Waals surface area contributed by atoms with Crippen molar-refractivity contribution in [3.8, 4) is 0 Å². The molecule has 2 heterocycles. The molecular formula is C22H24N4O4S2. The molecule has 0 saturated carbocycles. The summed E-state index contributed by atoms with van der Waals surface area (Å²) >= 11 is 3.08. The highest BCUT2D eigenvalue weighted by Gasteiger charge is 2.20. The van der Waals surface area contributed by atoms with Crippen molar-refractivity contribution in [2.75, 3.05) is 0 Å². The number of urea groups is 2. The first-order valence-electron chi connectivity index (χ1n) is 9.71. The van der Waals surface area contributed by atoms with Crippen molar-refractivity contribution >= 4 is 54.9 Å². The van der Waals surface area contributed by atoms with Gasteiger partial charge in [0.05, 0.1) is 12.1 Å². The number of fused-ring (bicyclic) bond motifs is 2. The number of hydrogen-bond acceptors (Lipinski definition) is 6. The molecule has 0 bridgehead atoms. The smallest absolute Gasteiger partial charge is 0.339 e. The molecule has 0 aliphatic rings. The lowest BCUT2D eigenvalue weighted by Crippen LogP contribution is -2.34. The van der Waals surface area contributed by atoms with E-state index in [1.807, 2.05) is 60.7 Å². The van der Waals surface area contributed by atoms with Crippen LogP contribution in [0.1, 0.15) is 35.7 Å². The van der Waals surface area contributed by atoms with Crippen LogP contribution in [0.5, 0.6) is 0 Å².